The summed E-state index contributed by atoms with van der Waals surface area (Å²) in [5.74, 6) is 0.197. The Bertz CT molecular complexity index is 3260. The second-order valence-electron chi connectivity index (χ2n) is 20.0. The van der Waals surface area contributed by atoms with E-state index in [4.69, 9.17) is 37.7 Å². The number of carboxylic acid groups (broad SMARTS) is 2. The van der Waals surface area contributed by atoms with Crippen LogP contribution in [0.2, 0.25) is 0 Å². The zero-order chi connectivity index (χ0) is 48.9. The van der Waals surface area contributed by atoms with E-state index >= 15 is 0 Å². The van der Waals surface area contributed by atoms with E-state index in [-0.39, 0.29) is 93.5 Å². The van der Waals surface area contributed by atoms with Gasteiger partial charge in [-0.15, -0.1) is 0 Å². The predicted molar refractivity (Wildman–Crippen MR) is 263 cm³/mol. The molecule has 12 nitrogen and oxygen atoms in total. The average Bonchev–Trinajstić information content (AvgIpc) is 3.84. The van der Waals surface area contributed by atoms with Crippen LogP contribution in [0.25, 0.3) is 66.7 Å². The fourth-order valence-corrected chi connectivity index (χ4v) is 10.6. The normalized spacial score (nSPS) is 16.2. The monoisotopic (exact) mass is 976 g/mol. The summed E-state index contributed by atoms with van der Waals surface area (Å²) in [6, 6.07) is 26.0. The third-order valence-electron chi connectivity index (χ3n) is 13.7. The predicted octanol–water partition coefficient (Wildman–Crippen LogP) is 4.82. The number of carbonyl (C=O) groups excluding carboxylic acids is 2. The Morgan fingerprint density at radius 2 is 1.13 bits per heavy atom. The molecule has 0 spiro atoms. The number of furan rings is 2. The minimum Gasteiger partial charge on any atom is -0.545 e. The molecular formula is C57H58N2Na2O10. The molecule has 6 heterocycles. The van der Waals surface area contributed by atoms with Gasteiger partial charge in [0.05, 0.1) is 57.7 Å². The maximum absolute atomic E-state index is 12.4. The summed E-state index contributed by atoms with van der Waals surface area (Å²) in [5.41, 5.74) is 6.67. The first kappa shape index (κ1) is 54.0. The van der Waals surface area contributed by atoms with Crippen LogP contribution in [0.4, 0.5) is 0 Å². The van der Waals surface area contributed by atoms with Gasteiger partial charge in [0, 0.05) is 46.2 Å². The molecule has 0 unspecified atom stereocenters. The van der Waals surface area contributed by atoms with Gasteiger partial charge >= 0.3 is 59.1 Å². The number of para-hydroxylation sites is 2. The minimum absolute atomic E-state index is 0. The number of carbonyl (C=O) groups is 2. The number of carboxylic acids is 2. The number of benzene rings is 4. The van der Waals surface area contributed by atoms with Crippen molar-refractivity contribution < 1.29 is 107 Å². The number of rotatable bonds is 10. The number of ether oxygens (including phenoxy) is 4. The van der Waals surface area contributed by atoms with Crippen LogP contribution < -0.4 is 78.8 Å². The van der Waals surface area contributed by atoms with E-state index in [0.29, 0.717) is 68.7 Å². The molecule has 0 radical (unpaired) electrons. The number of nitrogens with zero attached hydrogens (tertiary/aromatic N) is 2. The summed E-state index contributed by atoms with van der Waals surface area (Å²) in [6.07, 6.45) is 3.49. The van der Waals surface area contributed by atoms with Crippen LogP contribution in [0.1, 0.15) is 103 Å². The van der Waals surface area contributed by atoms with Crippen LogP contribution in [0.15, 0.2) is 93.8 Å². The van der Waals surface area contributed by atoms with Crippen molar-refractivity contribution in [2.45, 2.75) is 105 Å². The zero-order valence-corrected chi connectivity index (χ0v) is 46.7. The van der Waals surface area contributed by atoms with Gasteiger partial charge in [0.25, 0.3) is 0 Å². The Balaban J connectivity index is 0.000000204. The molecule has 2 aliphatic heterocycles. The Morgan fingerprint density at radius 1 is 0.676 bits per heavy atom. The summed E-state index contributed by atoms with van der Waals surface area (Å²) in [6.45, 7) is 20.1. The number of fused-ring (bicyclic) bond motifs is 4. The summed E-state index contributed by atoms with van der Waals surface area (Å²) < 4.78 is 36.4. The molecule has 2 aliphatic rings. The molecule has 14 heteroatoms. The molecular weight excluding hydrogens is 919 g/mol. The van der Waals surface area contributed by atoms with Crippen molar-refractivity contribution in [1.29, 1.82) is 0 Å². The zero-order valence-electron chi connectivity index (χ0n) is 42.7. The van der Waals surface area contributed by atoms with Crippen LogP contribution in [0, 0.1) is 39.5 Å². The Hall–Kier alpha value is -4.76. The van der Waals surface area contributed by atoms with E-state index in [1.54, 1.807) is 0 Å². The van der Waals surface area contributed by atoms with E-state index in [1.165, 1.54) is 12.1 Å². The molecule has 0 bridgehead atoms. The first-order valence-electron chi connectivity index (χ1n) is 23.7. The molecule has 4 aromatic carbocycles. The average molecular weight is 977 g/mol. The number of hydrogen-bond donors (Lipinski definition) is 0. The first-order chi connectivity index (χ1) is 32.9. The fraction of sp³-hybridized carbons (Fsp3) is 0.368. The van der Waals surface area contributed by atoms with Crippen LogP contribution >= 0.6 is 0 Å². The van der Waals surface area contributed by atoms with E-state index in [1.807, 2.05) is 107 Å². The van der Waals surface area contributed by atoms with E-state index in [2.05, 4.69) is 27.7 Å². The molecule has 0 saturated carbocycles. The van der Waals surface area contributed by atoms with Gasteiger partial charge < -0.3 is 47.6 Å². The van der Waals surface area contributed by atoms with Gasteiger partial charge in [0.2, 0.25) is 0 Å². The van der Waals surface area contributed by atoms with Crippen LogP contribution in [-0.4, -0.2) is 59.0 Å². The largest absolute Gasteiger partial charge is 1.00 e. The maximum atomic E-state index is 12.4. The Labute approximate surface area is 458 Å². The molecule has 358 valence electrons. The fourth-order valence-electron chi connectivity index (χ4n) is 10.6. The SMILES string of the molecule is Cc1c(-c2cc(C(=O)[O-])c3c(OCC4CC(C)(C)OC(C)(C)C4)ccc(C)c3n2)oc2ccccc12.Cc1c(-c2cc(C(=O)[O-])c3c(O[C@H](C)C4CCOCC4)ccc(C)c3n2)oc2ccccc12.[Na+].[Na+]. The molecule has 4 aromatic heterocycles. The second-order valence-corrected chi connectivity index (χ2v) is 20.0. The van der Waals surface area contributed by atoms with Gasteiger partial charge in [-0.1, -0.05) is 48.5 Å². The van der Waals surface area contributed by atoms with Gasteiger partial charge in [-0.25, -0.2) is 9.97 Å². The molecule has 2 fully saturated rings. The first-order valence-corrected chi connectivity index (χ1v) is 23.7. The third kappa shape index (κ3) is 11.3. The summed E-state index contributed by atoms with van der Waals surface area (Å²) in [4.78, 5) is 34.3. The van der Waals surface area contributed by atoms with Crippen molar-refractivity contribution in [2.24, 2.45) is 11.8 Å². The van der Waals surface area contributed by atoms with E-state index < -0.39 is 11.9 Å². The summed E-state index contributed by atoms with van der Waals surface area (Å²) in [5, 5.41) is 27.5. The smallest absolute Gasteiger partial charge is 0.545 e. The van der Waals surface area contributed by atoms with Crippen molar-refractivity contribution in [3.05, 3.63) is 118 Å². The summed E-state index contributed by atoms with van der Waals surface area (Å²) in [7, 11) is 0. The van der Waals surface area contributed by atoms with Gasteiger partial charge in [-0.2, -0.15) is 0 Å². The topological polar surface area (TPSA) is 169 Å². The second kappa shape index (κ2) is 21.8. The van der Waals surface area contributed by atoms with E-state index in [0.717, 1.165) is 83.1 Å². The molecule has 10 rings (SSSR count). The van der Waals surface area contributed by atoms with Crippen LogP contribution in [0.5, 0.6) is 11.5 Å². The van der Waals surface area contributed by atoms with Crippen molar-refractivity contribution in [3.8, 4) is 34.4 Å². The molecule has 8 aromatic rings. The van der Waals surface area contributed by atoms with Gasteiger partial charge in [-0.3, -0.25) is 0 Å². The van der Waals surface area contributed by atoms with Crippen molar-refractivity contribution in [3.63, 3.8) is 0 Å². The molecule has 0 N–H and O–H groups in total. The van der Waals surface area contributed by atoms with Crippen molar-refractivity contribution in [1.82, 2.24) is 9.97 Å². The Kier molecular flexibility index (Phi) is 16.6. The number of aryl methyl sites for hydroxylation is 4. The van der Waals surface area contributed by atoms with Crippen molar-refractivity contribution >= 4 is 55.7 Å². The quantitative estimate of drug-likeness (QED) is 0.172. The van der Waals surface area contributed by atoms with Crippen LogP contribution in [0.3, 0.4) is 0 Å². The summed E-state index contributed by atoms with van der Waals surface area (Å²) >= 11 is 0. The number of hydrogen-bond acceptors (Lipinski definition) is 12. The molecule has 2 saturated heterocycles. The standard InChI is InChI=1S/C30H33NO5.C27H27NO5.2Na/c1-17-11-12-24(34-16-19-14-29(3,4)36-30(5,6)15-19)25-21(28(32)33)13-22(31-26(17)25)27-18(2)20-9-7-8-10-23(20)35-27;1-15-8-9-23(32-17(3)18-10-12-31-13-11-18)24-20(27(29)30)14-21(28-25(15)24)26-16(2)19-6-4-5-7-22(19)33-26;;/h7-13,19H,14-16H2,1-6H3,(H,32,33);4-9,14,17-18H,10-13H2,1-3H3,(H,29,30);;/q;;2*+1/p-2/t;17-;;/m.1../s1. The number of pyridine rings is 2. The maximum Gasteiger partial charge on any atom is 1.00 e. The van der Waals surface area contributed by atoms with Gasteiger partial charge in [-0.05, 0) is 147 Å². The number of aromatic carboxylic acids is 2. The van der Waals surface area contributed by atoms with Gasteiger partial charge in [0.15, 0.2) is 11.5 Å². The van der Waals surface area contributed by atoms with E-state index in [9.17, 15) is 19.8 Å². The molecule has 0 amide bonds. The Morgan fingerprint density at radius 3 is 1.59 bits per heavy atom. The molecule has 1 atom stereocenters. The third-order valence-corrected chi connectivity index (χ3v) is 13.7. The number of aromatic nitrogens is 2. The van der Waals surface area contributed by atoms with Crippen molar-refractivity contribution in [2.75, 3.05) is 19.8 Å². The minimum atomic E-state index is -1.28. The van der Waals surface area contributed by atoms with Gasteiger partial charge in [0.1, 0.15) is 34.1 Å². The molecule has 0 aliphatic carbocycles. The molecule has 71 heavy (non-hydrogen) atoms. The van der Waals surface area contributed by atoms with Crippen LogP contribution in [-0.2, 0) is 9.47 Å².